The fourth-order valence-corrected chi connectivity index (χ4v) is 4.30. The number of hydrogen-bond acceptors (Lipinski definition) is 6. The van der Waals surface area contributed by atoms with E-state index >= 15 is 0 Å². The van der Waals surface area contributed by atoms with Gasteiger partial charge in [-0.2, -0.15) is 11.3 Å². The molecule has 0 fully saturated rings. The average molecular weight is 415 g/mol. The summed E-state index contributed by atoms with van der Waals surface area (Å²) in [7, 11) is 0. The highest BCUT2D eigenvalue weighted by Crippen LogP contribution is 2.27. The van der Waals surface area contributed by atoms with Crippen molar-refractivity contribution in [3.05, 3.63) is 57.2 Å². The second-order valence-corrected chi connectivity index (χ2v) is 8.37. The van der Waals surface area contributed by atoms with E-state index in [1.165, 1.54) is 11.3 Å². The molecule has 0 saturated heterocycles. The number of rotatable bonds is 7. The molecule has 1 amide bonds. The van der Waals surface area contributed by atoms with Crippen LogP contribution in [0, 0.1) is 6.92 Å². The van der Waals surface area contributed by atoms with Gasteiger partial charge in [-0.1, -0.05) is 32.0 Å². The summed E-state index contributed by atoms with van der Waals surface area (Å²) in [6.07, 6.45) is 0.0511. The van der Waals surface area contributed by atoms with Crippen LogP contribution in [-0.2, 0) is 20.7 Å². The molecular weight excluding hydrogens is 392 g/mol. The summed E-state index contributed by atoms with van der Waals surface area (Å²) in [5, 5.41) is 9.60. The highest BCUT2D eigenvalue weighted by molar-refractivity contribution is 7.14. The molecule has 0 radical (unpaired) electrons. The van der Waals surface area contributed by atoms with Crippen molar-refractivity contribution < 1.29 is 14.3 Å². The van der Waals surface area contributed by atoms with Gasteiger partial charge in [0.05, 0.1) is 12.1 Å². The van der Waals surface area contributed by atoms with Crippen LogP contribution in [0.4, 0.5) is 5.69 Å². The number of hydrogen-bond donors (Lipinski definition) is 1. The van der Waals surface area contributed by atoms with Crippen LogP contribution in [0.1, 0.15) is 36.6 Å². The Bertz CT molecular complexity index is 962. The second kappa shape index (κ2) is 9.12. The molecule has 1 N–H and O–H groups in total. The SMILES string of the molecule is Cc1cccc(C(C)C)c1NC(=O)COC(=O)Cc1csc(-c2ccsc2)n1. The van der Waals surface area contributed by atoms with Gasteiger partial charge < -0.3 is 10.1 Å². The summed E-state index contributed by atoms with van der Waals surface area (Å²) < 4.78 is 5.14. The molecule has 28 heavy (non-hydrogen) atoms. The maximum Gasteiger partial charge on any atom is 0.312 e. The standard InChI is InChI=1S/C21H22N2O3S2/c1-13(2)17-6-4-5-14(3)20(17)23-18(24)10-26-19(25)9-16-12-28-21(22-16)15-7-8-27-11-15/h4-8,11-13H,9-10H2,1-3H3,(H,23,24). The number of nitrogens with one attached hydrogen (secondary N) is 1. The quantitative estimate of drug-likeness (QED) is 0.551. The van der Waals surface area contributed by atoms with Crippen molar-refractivity contribution in [3.63, 3.8) is 0 Å². The fourth-order valence-electron chi connectivity index (χ4n) is 2.77. The zero-order valence-electron chi connectivity index (χ0n) is 16.0. The Balaban J connectivity index is 1.53. The Kier molecular flexibility index (Phi) is 6.59. The zero-order chi connectivity index (χ0) is 20.1. The number of ether oxygens (including phenoxy) is 1. The van der Waals surface area contributed by atoms with Crippen LogP contribution in [0.25, 0.3) is 10.6 Å². The molecule has 0 unspecified atom stereocenters. The number of amides is 1. The number of carbonyl (C=O) groups excluding carboxylic acids is 2. The molecule has 3 rings (SSSR count). The van der Waals surface area contributed by atoms with E-state index in [4.69, 9.17) is 4.74 Å². The number of aromatic nitrogens is 1. The highest BCUT2D eigenvalue weighted by atomic mass is 32.1. The first-order valence-corrected chi connectivity index (χ1v) is 10.8. The molecule has 2 heterocycles. The topological polar surface area (TPSA) is 68.3 Å². The van der Waals surface area contributed by atoms with E-state index < -0.39 is 5.97 Å². The Hall–Kier alpha value is -2.51. The molecule has 146 valence electrons. The Morgan fingerprint density at radius 2 is 2.04 bits per heavy atom. The van der Waals surface area contributed by atoms with E-state index in [2.05, 4.69) is 24.1 Å². The number of benzene rings is 1. The second-order valence-electron chi connectivity index (χ2n) is 6.74. The first-order valence-electron chi connectivity index (χ1n) is 8.96. The monoisotopic (exact) mass is 414 g/mol. The number of carbonyl (C=O) groups is 2. The van der Waals surface area contributed by atoms with E-state index in [9.17, 15) is 9.59 Å². The highest BCUT2D eigenvalue weighted by Gasteiger charge is 2.15. The third-order valence-corrected chi connectivity index (χ3v) is 5.82. The molecule has 0 spiro atoms. The zero-order valence-corrected chi connectivity index (χ0v) is 17.7. The van der Waals surface area contributed by atoms with E-state index in [0.29, 0.717) is 5.69 Å². The molecule has 0 aliphatic carbocycles. The summed E-state index contributed by atoms with van der Waals surface area (Å²) >= 11 is 3.09. The number of nitrogens with zero attached hydrogens (tertiary/aromatic N) is 1. The van der Waals surface area contributed by atoms with Gasteiger partial charge >= 0.3 is 5.97 Å². The van der Waals surface area contributed by atoms with Crippen LogP contribution in [0.15, 0.2) is 40.4 Å². The van der Waals surface area contributed by atoms with E-state index in [-0.39, 0.29) is 24.9 Å². The molecule has 5 nitrogen and oxygen atoms in total. The molecule has 0 aliphatic heterocycles. The summed E-state index contributed by atoms with van der Waals surface area (Å²) in [6.45, 7) is 5.78. The molecule has 0 saturated carbocycles. The van der Waals surface area contributed by atoms with Crippen molar-refractivity contribution in [1.82, 2.24) is 4.98 Å². The molecule has 2 aromatic heterocycles. The lowest BCUT2D eigenvalue weighted by molar-refractivity contribution is -0.146. The van der Waals surface area contributed by atoms with Crippen molar-refractivity contribution in [3.8, 4) is 10.6 Å². The van der Waals surface area contributed by atoms with Crippen LogP contribution in [-0.4, -0.2) is 23.5 Å². The van der Waals surface area contributed by atoms with Crippen molar-refractivity contribution in [2.75, 3.05) is 11.9 Å². The molecule has 1 aromatic carbocycles. The third-order valence-electron chi connectivity index (χ3n) is 4.20. The van der Waals surface area contributed by atoms with Gasteiger partial charge in [-0.3, -0.25) is 9.59 Å². The van der Waals surface area contributed by atoms with E-state index in [1.54, 1.807) is 11.3 Å². The van der Waals surface area contributed by atoms with Crippen molar-refractivity contribution >= 4 is 40.2 Å². The summed E-state index contributed by atoms with van der Waals surface area (Å²) in [6, 6.07) is 7.90. The van der Waals surface area contributed by atoms with Gasteiger partial charge in [0, 0.05) is 22.0 Å². The smallest absolute Gasteiger partial charge is 0.312 e. The Labute approximate surface area is 172 Å². The maximum absolute atomic E-state index is 12.3. The first kappa shape index (κ1) is 20.2. The lowest BCUT2D eigenvalue weighted by atomic mass is 9.98. The molecule has 0 bridgehead atoms. The van der Waals surface area contributed by atoms with Crippen molar-refractivity contribution in [2.45, 2.75) is 33.1 Å². The summed E-state index contributed by atoms with van der Waals surface area (Å²) in [5.74, 6) is -0.534. The number of aryl methyl sites for hydroxylation is 1. The number of para-hydroxylation sites is 1. The van der Waals surface area contributed by atoms with Gasteiger partial charge in [0.25, 0.3) is 5.91 Å². The summed E-state index contributed by atoms with van der Waals surface area (Å²) in [5.41, 5.74) is 4.53. The normalized spacial score (nSPS) is 10.9. The van der Waals surface area contributed by atoms with Gasteiger partial charge in [-0.25, -0.2) is 4.98 Å². The van der Waals surface area contributed by atoms with E-state index in [0.717, 1.165) is 27.4 Å². The largest absolute Gasteiger partial charge is 0.455 e. The minimum atomic E-state index is -0.466. The van der Waals surface area contributed by atoms with Gasteiger partial charge in [-0.15, -0.1) is 11.3 Å². The van der Waals surface area contributed by atoms with Gasteiger partial charge in [0.15, 0.2) is 6.61 Å². The van der Waals surface area contributed by atoms with Crippen LogP contribution in [0.3, 0.4) is 0 Å². The van der Waals surface area contributed by atoms with Gasteiger partial charge in [-0.05, 0) is 35.4 Å². The Morgan fingerprint density at radius 3 is 2.75 bits per heavy atom. The van der Waals surface area contributed by atoms with Gasteiger partial charge in [0.1, 0.15) is 5.01 Å². The fraction of sp³-hybridized carbons (Fsp3) is 0.286. The number of thiophene rings is 1. The molecule has 0 atom stereocenters. The predicted molar refractivity (Wildman–Crippen MR) is 114 cm³/mol. The van der Waals surface area contributed by atoms with Crippen LogP contribution < -0.4 is 5.32 Å². The van der Waals surface area contributed by atoms with Crippen LogP contribution >= 0.6 is 22.7 Å². The molecule has 7 heteroatoms. The minimum absolute atomic E-state index is 0.0511. The van der Waals surface area contributed by atoms with Crippen molar-refractivity contribution in [1.29, 1.82) is 0 Å². The molecule has 0 aliphatic rings. The van der Waals surface area contributed by atoms with Crippen molar-refractivity contribution in [2.24, 2.45) is 0 Å². The van der Waals surface area contributed by atoms with Crippen LogP contribution in [0.2, 0.25) is 0 Å². The maximum atomic E-state index is 12.3. The Morgan fingerprint density at radius 1 is 1.21 bits per heavy atom. The average Bonchev–Trinajstić information content (AvgIpc) is 3.33. The number of anilines is 1. The predicted octanol–water partition coefficient (Wildman–Crippen LogP) is 5.03. The first-order chi connectivity index (χ1) is 13.4. The number of thiazole rings is 1. The van der Waals surface area contributed by atoms with Gasteiger partial charge in [0.2, 0.25) is 0 Å². The summed E-state index contributed by atoms with van der Waals surface area (Å²) in [4.78, 5) is 28.8. The minimum Gasteiger partial charge on any atom is -0.455 e. The van der Waals surface area contributed by atoms with E-state index in [1.807, 2.05) is 47.3 Å². The molecule has 3 aromatic rings. The third kappa shape index (κ3) is 5.05. The van der Waals surface area contributed by atoms with Crippen LogP contribution in [0.5, 0.6) is 0 Å². The molecular formula is C21H22N2O3S2. The lowest BCUT2D eigenvalue weighted by Crippen LogP contribution is -2.23. The number of esters is 1. The lowest BCUT2D eigenvalue weighted by Gasteiger charge is -2.16.